The molecule has 1 atom stereocenters. The second-order valence-electron chi connectivity index (χ2n) is 6.37. The molecule has 20 heavy (non-hydrogen) atoms. The van der Waals surface area contributed by atoms with Gasteiger partial charge in [0.15, 0.2) is 0 Å². The standard InChI is InChI=1S/C17H23NO2/c19-11-8-15(14-6-7-14)18-16(20)17(9-10-17)12-13-4-2-1-3-5-13/h1-5,14-15,19H,6-12H2,(H,18,20). The molecule has 0 aliphatic heterocycles. The second kappa shape index (κ2) is 5.57. The van der Waals surface area contributed by atoms with Crippen molar-refractivity contribution in [2.24, 2.45) is 11.3 Å². The molecule has 2 aliphatic carbocycles. The summed E-state index contributed by atoms with van der Waals surface area (Å²) in [4.78, 5) is 12.6. The van der Waals surface area contributed by atoms with E-state index in [1.54, 1.807) is 0 Å². The van der Waals surface area contributed by atoms with Gasteiger partial charge < -0.3 is 10.4 Å². The Kier molecular flexibility index (Phi) is 3.79. The zero-order chi connectivity index (χ0) is 14.0. The number of carbonyl (C=O) groups excluding carboxylic acids is 1. The number of benzene rings is 1. The Morgan fingerprint density at radius 3 is 2.55 bits per heavy atom. The molecule has 0 bridgehead atoms. The molecule has 2 aliphatic rings. The van der Waals surface area contributed by atoms with Gasteiger partial charge in [0.1, 0.15) is 0 Å². The molecule has 3 rings (SSSR count). The zero-order valence-electron chi connectivity index (χ0n) is 11.8. The molecule has 3 nitrogen and oxygen atoms in total. The van der Waals surface area contributed by atoms with E-state index in [1.165, 1.54) is 18.4 Å². The van der Waals surface area contributed by atoms with Crippen molar-refractivity contribution in [1.29, 1.82) is 0 Å². The summed E-state index contributed by atoms with van der Waals surface area (Å²) in [7, 11) is 0. The van der Waals surface area contributed by atoms with Gasteiger partial charge in [-0.2, -0.15) is 0 Å². The summed E-state index contributed by atoms with van der Waals surface area (Å²) >= 11 is 0. The molecule has 0 heterocycles. The van der Waals surface area contributed by atoms with Gasteiger partial charge in [0, 0.05) is 12.6 Å². The molecule has 1 aromatic rings. The lowest BCUT2D eigenvalue weighted by atomic mass is 9.94. The maximum Gasteiger partial charge on any atom is 0.226 e. The van der Waals surface area contributed by atoms with Gasteiger partial charge in [-0.3, -0.25) is 4.79 Å². The Morgan fingerprint density at radius 2 is 2.00 bits per heavy atom. The summed E-state index contributed by atoms with van der Waals surface area (Å²) in [5, 5.41) is 12.3. The lowest BCUT2D eigenvalue weighted by molar-refractivity contribution is -0.127. The maximum atomic E-state index is 12.6. The molecule has 0 spiro atoms. The van der Waals surface area contributed by atoms with Gasteiger partial charge in [-0.25, -0.2) is 0 Å². The summed E-state index contributed by atoms with van der Waals surface area (Å²) in [6.07, 6.45) is 5.90. The van der Waals surface area contributed by atoms with Crippen molar-refractivity contribution >= 4 is 5.91 Å². The number of hydrogen-bond donors (Lipinski definition) is 2. The van der Waals surface area contributed by atoms with E-state index in [2.05, 4.69) is 17.4 Å². The van der Waals surface area contributed by atoms with Gasteiger partial charge in [0.2, 0.25) is 5.91 Å². The Balaban J connectivity index is 1.61. The van der Waals surface area contributed by atoms with Crippen LogP contribution in [0.1, 0.15) is 37.7 Å². The van der Waals surface area contributed by atoms with Crippen LogP contribution in [0.2, 0.25) is 0 Å². The van der Waals surface area contributed by atoms with Crippen LogP contribution < -0.4 is 5.32 Å². The molecule has 108 valence electrons. The van der Waals surface area contributed by atoms with Gasteiger partial charge in [-0.05, 0) is 50.0 Å². The summed E-state index contributed by atoms with van der Waals surface area (Å²) in [6.45, 7) is 0.160. The lowest BCUT2D eigenvalue weighted by Crippen LogP contribution is -2.42. The minimum atomic E-state index is -0.177. The number of rotatable bonds is 7. The molecular formula is C17H23NO2. The van der Waals surface area contributed by atoms with Crippen LogP contribution in [0.3, 0.4) is 0 Å². The first-order valence-corrected chi connectivity index (χ1v) is 7.69. The summed E-state index contributed by atoms with van der Waals surface area (Å²) in [5.41, 5.74) is 1.06. The molecule has 0 aromatic heterocycles. The Hall–Kier alpha value is -1.35. The fourth-order valence-electron chi connectivity index (χ4n) is 3.01. The van der Waals surface area contributed by atoms with Crippen molar-refractivity contribution in [2.75, 3.05) is 6.61 Å². The van der Waals surface area contributed by atoms with Crippen LogP contribution in [0, 0.1) is 11.3 Å². The maximum absolute atomic E-state index is 12.6. The average molecular weight is 273 g/mol. The van der Waals surface area contributed by atoms with Gasteiger partial charge in [-0.15, -0.1) is 0 Å². The molecule has 1 amide bonds. The van der Waals surface area contributed by atoms with E-state index in [-0.39, 0.29) is 24.0 Å². The predicted octanol–water partition coefficient (Wildman–Crippen LogP) is 2.29. The first kappa shape index (κ1) is 13.6. The molecule has 1 unspecified atom stereocenters. The van der Waals surface area contributed by atoms with E-state index in [1.807, 2.05) is 18.2 Å². The molecule has 0 radical (unpaired) electrons. The monoisotopic (exact) mass is 273 g/mol. The quantitative estimate of drug-likeness (QED) is 0.801. The van der Waals surface area contributed by atoms with Crippen LogP contribution in [0.4, 0.5) is 0 Å². The van der Waals surface area contributed by atoms with E-state index in [9.17, 15) is 4.79 Å². The third kappa shape index (κ3) is 3.04. The van der Waals surface area contributed by atoms with E-state index in [0.29, 0.717) is 12.3 Å². The topological polar surface area (TPSA) is 49.3 Å². The highest BCUT2D eigenvalue weighted by Crippen LogP contribution is 2.49. The number of carbonyl (C=O) groups is 1. The highest BCUT2D eigenvalue weighted by molar-refractivity contribution is 5.86. The van der Waals surface area contributed by atoms with Crippen molar-refractivity contribution in [1.82, 2.24) is 5.32 Å². The number of aliphatic hydroxyl groups excluding tert-OH is 1. The number of amides is 1. The highest BCUT2D eigenvalue weighted by Gasteiger charge is 2.50. The lowest BCUT2D eigenvalue weighted by Gasteiger charge is -2.22. The van der Waals surface area contributed by atoms with Crippen LogP contribution in [-0.2, 0) is 11.2 Å². The molecule has 3 heteroatoms. The number of nitrogens with one attached hydrogen (secondary N) is 1. The van der Waals surface area contributed by atoms with Gasteiger partial charge in [-0.1, -0.05) is 30.3 Å². The highest BCUT2D eigenvalue weighted by atomic mass is 16.3. The normalized spacial score (nSPS) is 21.2. The third-order valence-corrected chi connectivity index (χ3v) is 4.67. The molecule has 0 saturated heterocycles. The molecule has 2 N–H and O–H groups in total. The minimum absolute atomic E-state index is 0.160. The van der Waals surface area contributed by atoms with Crippen LogP contribution >= 0.6 is 0 Å². The SMILES string of the molecule is O=C(NC(CCO)C1CC1)C1(Cc2ccccc2)CC1. The molecule has 2 fully saturated rings. The molecule has 2 saturated carbocycles. The van der Waals surface area contributed by atoms with E-state index >= 15 is 0 Å². The van der Waals surface area contributed by atoms with Crippen LogP contribution in [0.25, 0.3) is 0 Å². The van der Waals surface area contributed by atoms with Crippen molar-refractivity contribution in [3.05, 3.63) is 35.9 Å². The van der Waals surface area contributed by atoms with Gasteiger partial charge in [0.05, 0.1) is 5.41 Å². The second-order valence-corrected chi connectivity index (χ2v) is 6.37. The smallest absolute Gasteiger partial charge is 0.226 e. The van der Waals surface area contributed by atoms with Crippen LogP contribution in [0.5, 0.6) is 0 Å². The fourth-order valence-corrected chi connectivity index (χ4v) is 3.01. The molecular weight excluding hydrogens is 250 g/mol. The summed E-state index contributed by atoms with van der Waals surface area (Å²) in [6, 6.07) is 10.4. The first-order chi connectivity index (χ1) is 9.73. The first-order valence-electron chi connectivity index (χ1n) is 7.69. The van der Waals surface area contributed by atoms with E-state index < -0.39 is 0 Å². The number of aliphatic hydroxyl groups is 1. The molecule has 1 aromatic carbocycles. The van der Waals surface area contributed by atoms with Gasteiger partial charge in [0.25, 0.3) is 0 Å². The third-order valence-electron chi connectivity index (χ3n) is 4.67. The fraction of sp³-hybridized carbons (Fsp3) is 0.588. The predicted molar refractivity (Wildman–Crippen MR) is 78.2 cm³/mol. The van der Waals surface area contributed by atoms with Crippen molar-refractivity contribution < 1.29 is 9.90 Å². The van der Waals surface area contributed by atoms with Crippen molar-refractivity contribution in [3.63, 3.8) is 0 Å². The average Bonchev–Trinajstić information content (AvgIpc) is 3.34. The Labute approximate surface area is 120 Å². The van der Waals surface area contributed by atoms with Crippen LogP contribution in [-0.4, -0.2) is 23.7 Å². The number of hydrogen-bond acceptors (Lipinski definition) is 2. The minimum Gasteiger partial charge on any atom is -0.396 e. The van der Waals surface area contributed by atoms with E-state index in [0.717, 1.165) is 19.3 Å². The van der Waals surface area contributed by atoms with E-state index in [4.69, 9.17) is 5.11 Å². The largest absolute Gasteiger partial charge is 0.396 e. The van der Waals surface area contributed by atoms with Crippen LogP contribution in [0.15, 0.2) is 30.3 Å². The summed E-state index contributed by atoms with van der Waals surface area (Å²) < 4.78 is 0. The van der Waals surface area contributed by atoms with Crippen molar-refractivity contribution in [3.8, 4) is 0 Å². The van der Waals surface area contributed by atoms with Gasteiger partial charge >= 0.3 is 0 Å². The Bertz CT molecular complexity index is 463. The zero-order valence-corrected chi connectivity index (χ0v) is 11.8. The van der Waals surface area contributed by atoms with Crippen molar-refractivity contribution in [2.45, 2.75) is 44.6 Å². The summed E-state index contributed by atoms with van der Waals surface area (Å²) in [5.74, 6) is 0.797. The Morgan fingerprint density at radius 1 is 1.30 bits per heavy atom.